The Labute approximate surface area is 206 Å². The molecule has 0 heterocycles. The fourth-order valence-electron chi connectivity index (χ4n) is 6.25. The number of ether oxygens (including phenoxy) is 1. The summed E-state index contributed by atoms with van der Waals surface area (Å²) >= 11 is 0. The van der Waals surface area contributed by atoms with E-state index in [4.69, 9.17) is 4.74 Å². The number of hydrogen-bond acceptors (Lipinski definition) is 2. The van der Waals surface area contributed by atoms with Crippen molar-refractivity contribution in [1.82, 2.24) is 0 Å². The molecule has 192 valence electrons. The molecular formula is C29H37F3O3. The van der Waals surface area contributed by atoms with Crippen molar-refractivity contribution in [1.29, 1.82) is 0 Å². The minimum Gasteiger partial charge on any atom is -0.490 e. The molecule has 3 nitrogen and oxygen atoms in total. The largest absolute Gasteiger partial charge is 0.490 e. The number of hydrogen-bond donors (Lipinski definition) is 1. The normalized spacial score (nSPS) is 27.3. The Hall–Kier alpha value is -2.24. The Balaban J connectivity index is 1.60. The summed E-state index contributed by atoms with van der Waals surface area (Å²) < 4.78 is 49.0. The second-order valence-corrected chi connectivity index (χ2v) is 11.4. The van der Waals surface area contributed by atoms with Crippen molar-refractivity contribution in [3.63, 3.8) is 0 Å². The molecule has 2 saturated carbocycles. The maximum absolute atomic E-state index is 14.3. The Bertz CT molecular complexity index is 1070. The third-order valence-corrected chi connectivity index (χ3v) is 8.93. The third-order valence-electron chi connectivity index (χ3n) is 8.93. The summed E-state index contributed by atoms with van der Waals surface area (Å²) in [6.07, 6.45) is 1.34. The van der Waals surface area contributed by atoms with Crippen LogP contribution < -0.4 is 4.74 Å². The van der Waals surface area contributed by atoms with Crippen LogP contribution in [0, 0.1) is 23.2 Å². The number of carboxylic acid groups (broad SMARTS) is 1. The zero-order valence-corrected chi connectivity index (χ0v) is 21.1. The van der Waals surface area contributed by atoms with E-state index < -0.39 is 17.7 Å². The van der Waals surface area contributed by atoms with Crippen LogP contribution in [0.25, 0.3) is 10.8 Å². The van der Waals surface area contributed by atoms with Crippen LogP contribution in [0.2, 0.25) is 0 Å². The van der Waals surface area contributed by atoms with Crippen LogP contribution in [0.4, 0.5) is 13.2 Å². The van der Waals surface area contributed by atoms with Gasteiger partial charge in [0.15, 0.2) is 0 Å². The van der Waals surface area contributed by atoms with Gasteiger partial charge in [0.1, 0.15) is 11.3 Å². The Morgan fingerprint density at radius 1 is 1.14 bits per heavy atom. The number of halogens is 3. The number of rotatable bonds is 7. The van der Waals surface area contributed by atoms with E-state index in [1.165, 1.54) is 6.07 Å². The van der Waals surface area contributed by atoms with Gasteiger partial charge >= 0.3 is 12.1 Å². The molecule has 2 aromatic carbocycles. The standard InChI is InChI=1S/C29H37F3O3/c1-5-18-6-11-22(12-7-18)35-25-13-10-19-8-9-20(15-23(19)26(25)29(30,31)32)17(2)14-21-16-24(27(33)34)28(21,3)4/h8-10,13,15,17-18,21-22,24H,5-7,11-12,14,16H2,1-4H3,(H,33,34)/t17-,18?,21-,22?,24+/m1/s1. The topological polar surface area (TPSA) is 46.5 Å². The highest BCUT2D eigenvalue weighted by Crippen LogP contribution is 2.55. The van der Waals surface area contributed by atoms with E-state index in [-0.39, 0.29) is 40.4 Å². The fraction of sp³-hybridized carbons (Fsp3) is 0.621. The van der Waals surface area contributed by atoms with Crippen molar-refractivity contribution in [2.45, 2.75) is 90.8 Å². The zero-order valence-electron chi connectivity index (χ0n) is 21.1. The SMILES string of the molecule is CCC1CCC(Oc2ccc3ccc([C@H](C)C[C@@H]4C[C@@H](C(=O)O)C4(C)C)cc3c2C(F)(F)F)CC1. The molecule has 2 aromatic rings. The molecule has 0 saturated heterocycles. The Morgan fingerprint density at radius 2 is 1.80 bits per heavy atom. The van der Waals surface area contributed by atoms with Gasteiger partial charge < -0.3 is 9.84 Å². The summed E-state index contributed by atoms with van der Waals surface area (Å²) in [6.45, 7) is 8.13. The first-order chi connectivity index (χ1) is 16.4. The fourth-order valence-corrected chi connectivity index (χ4v) is 6.25. The van der Waals surface area contributed by atoms with Gasteiger partial charge in [-0.15, -0.1) is 0 Å². The number of carbonyl (C=O) groups is 1. The molecule has 35 heavy (non-hydrogen) atoms. The summed E-state index contributed by atoms with van der Waals surface area (Å²) in [5.74, 6) is -0.309. The molecule has 0 spiro atoms. The van der Waals surface area contributed by atoms with Gasteiger partial charge in [0, 0.05) is 0 Å². The molecule has 0 aliphatic heterocycles. The molecule has 2 fully saturated rings. The third kappa shape index (κ3) is 5.17. The van der Waals surface area contributed by atoms with Crippen molar-refractivity contribution in [3.8, 4) is 5.75 Å². The van der Waals surface area contributed by atoms with Crippen LogP contribution >= 0.6 is 0 Å². The highest BCUT2D eigenvalue weighted by Gasteiger charge is 2.51. The van der Waals surface area contributed by atoms with E-state index >= 15 is 0 Å². The van der Waals surface area contributed by atoms with Crippen LogP contribution in [0.1, 0.15) is 89.7 Å². The Morgan fingerprint density at radius 3 is 2.37 bits per heavy atom. The van der Waals surface area contributed by atoms with Gasteiger partial charge in [-0.2, -0.15) is 13.2 Å². The van der Waals surface area contributed by atoms with Gasteiger partial charge in [0.05, 0.1) is 12.0 Å². The number of fused-ring (bicyclic) bond motifs is 1. The maximum atomic E-state index is 14.3. The first-order valence-electron chi connectivity index (χ1n) is 12.9. The van der Waals surface area contributed by atoms with E-state index in [0.29, 0.717) is 17.7 Å². The van der Waals surface area contributed by atoms with Crippen LogP contribution in [0.5, 0.6) is 5.75 Å². The lowest BCUT2D eigenvalue weighted by atomic mass is 9.53. The first-order valence-corrected chi connectivity index (χ1v) is 12.9. The molecular weight excluding hydrogens is 453 g/mol. The number of aliphatic carboxylic acids is 1. The molecule has 2 aliphatic rings. The predicted octanol–water partition coefficient (Wildman–Crippen LogP) is 8.45. The summed E-state index contributed by atoms with van der Waals surface area (Å²) in [5, 5.41) is 10.1. The van der Waals surface area contributed by atoms with Crippen molar-refractivity contribution in [2.75, 3.05) is 0 Å². The van der Waals surface area contributed by atoms with Gasteiger partial charge in [-0.1, -0.05) is 58.4 Å². The van der Waals surface area contributed by atoms with Crippen molar-refractivity contribution in [2.24, 2.45) is 23.2 Å². The van der Waals surface area contributed by atoms with Gasteiger partial charge in [-0.3, -0.25) is 4.79 Å². The molecule has 4 rings (SSSR count). The van der Waals surface area contributed by atoms with Crippen molar-refractivity contribution in [3.05, 3.63) is 41.5 Å². The highest BCUT2D eigenvalue weighted by molar-refractivity contribution is 5.89. The summed E-state index contributed by atoms with van der Waals surface area (Å²) in [7, 11) is 0. The van der Waals surface area contributed by atoms with Gasteiger partial charge in [0.2, 0.25) is 0 Å². The molecule has 0 bridgehead atoms. The monoisotopic (exact) mass is 490 g/mol. The minimum atomic E-state index is -4.53. The smallest absolute Gasteiger partial charge is 0.420 e. The maximum Gasteiger partial charge on any atom is 0.420 e. The summed E-state index contributed by atoms with van der Waals surface area (Å²) in [4.78, 5) is 11.5. The number of alkyl halides is 3. The van der Waals surface area contributed by atoms with Crippen molar-refractivity contribution >= 4 is 16.7 Å². The van der Waals surface area contributed by atoms with E-state index in [2.05, 4.69) is 6.92 Å². The molecule has 0 amide bonds. The predicted molar refractivity (Wildman–Crippen MR) is 132 cm³/mol. The lowest BCUT2D eigenvalue weighted by molar-refractivity contribution is -0.159. The van der Waals surface area contributed by atoms with Crippen LogP contribution in [-0.4, -0.2) is 17.2 Å². The second kappa shape index (κ2) is 9.67. The average molecular weight is 491 g/mol. The molecule has 0 aromatic heterocycles. The average Bonchev–Trinajstić information content (AvgIpc) is 2.80. The molecule has 6 heteroatoms. The molecule has 2 aliphatic carbocycles. The van der Waals surface area contributed by atoms with Crippen LogP contribution in [-0.2, 0) is 11.0 Å². The highest BCUT2D eigenvalue weighted by atomic mass is 19.4. The molecule has 0 unspecified atom stereocenters. The van der Waals surface area contributed by atoms with Crippen molar-refractivity contribution < 1.29 is 27.8 Å². The second-order valence-electron chi connectivity index (χ2n) is 11.4. The first kappa shape index (κ1) is 25.8. The lowest BCUT2D eigenvalue weighted by Crippen LogP contribution is -2.49. The minimum absolute atomic E-state index is 0.0217. The lowest BCUT2D eigenvalue weighted by Gasteiger charge is -2.51. The van der Waals surface area contributed by atoms with Crippen LogP contribution in [0.15, 0.2) is 30.3 Å². The van der Waals surface area contributed by atoms with Crippen LogP contribution in [0.3, 0.4) is 0 Å². The van der Waals surface area contributed by atoms with E-state index in [0.717, 1.165) is 44.1 Å². The molecule has 3 atom stereocenters. The Kier molecular flexibility index (Phi) is 7.14. The summed E-state index contributed by atoms with van der Waals surface area (Å²) in [6, 6.07) is 8.53. The molecule has 0 radical (unpaired) electrons. The van der Waals surface area contributed by atoms with Gasteiger partial charge in [0.25, 0.3) is 0 Å². The number of benzene rings is 2. The van der Waals surface area contributed by atoms with E-state index in [1.807, 2.05) is 26.8 Å². The van der Waals surface area contributed by atoms with Gasteiger partial charge in [-0.25, -0.2) is 0 Å². The number of carboxylic acids is 1. The quantitative estimate of drug-likeness (QED) is 0.423. The van der Waals surface area contributed by atoms with E-state index in [1.54, 1.807) is 18.2 Å². The molecule has 1 N–H and O–H groups in total. The summed E-state index contributed by atoms with van der Waals surface area (Å²) in [5.41, 5.74) is -0.152. The van der Waals surface area contributed by atoms with E-state index in [9.17, 15) is 23.1 Å². The zero-order chi connectivity index (χ0) is 25.5. The van der Waals surface area contributed by atoms with Gasteiger partial charge in [-0.05, 0) is 84.1 Å².